The van der Waals surface area contributed by atoms with E-state index in [1.54, 1.807) is 18.2 Å². The highest BCUT2D eigenvalue weighted by molar-refractivity contribution is 7.89. The Bertz CT molecular complexity index is 1260. The van der Waals surface area contributed by atoms with Crippen molar-refractivity contribution in [2.75, 3.05) is 37.9 Å². The second kappa shape index (κ2) is 9.38. The Morgan fingerprint density at radius 1 is 1.03 bits per heavy atom. The van der Waals surface area contributed by atoms with Gasteiger partial charge < -0.3 is 19.5 Å². The number of hydrogen-bond donors (Lipinski definition) is 1. The fraction of sp³-hybridized carbons (Fsp3) is 0.417. The van der Waals surface area contributed by atoms with Crippen LogP contribution < -0.4 is 24.4 Å². The topological polar surface area (TPSA) is 114 Å². The summed E-state index contributed by atoms with van der Waals surface area (Å²) in [6.45, 7) is 2.95. The molecule has 5 rings (SSSR count). The third-order valence-corrected chi connectivity index (χ3v) is 8.38. The van der Waals surface area contributed by atoms with E-state index in [0.717, 1.165) is 18.4 Å². The van der Waals surface area contributed by atoms with Crippen LogP contribution in [0.15, 0.2) is 41.3 Å². The minimum absolute atomic E-state index is 0.0786. The fourth-order valence-corrected chi connectivity index (χ4v) is 5.83. The lowest BCUT2D eigenvalue weighted by Gasteiger charge is -2.31. The standard InChI is InChI=1S/C24H27N3O7S/c1-16-6-8-26(9-7-16)35(30,31)18-3-5-20-19(11-18)27(24(29)14-32-20)13-23(28)25-12-17-2-4-21-22(10-17)34-15-33-21/h2-5,10-11,16H,6-9,12-15H2,1H3,(H,25,28). The Morgan fingerprint density at radius 3 is 2.57 bits per heavy atom. The highest BCUT2D eigenvalue weighted by atomic mass is 32.2. The number of piperidine rings is 1. The van der Waals surface area contributed by atoms with Gasteiger partial charge in [0.05, 0.1) is 10.6 Å². The van der Waals surface area contributed by atoms with Crippen LogP contribution in [-0.4, -0.2) is 57.6 Å². The van der Waals surface area contributed by atoms with Gasteiger partial charge in [-0.05, 0) is 54.7 Å². The van der Waals surface area contributed by atoms with Gasteiger partial charge in [0.2, 0.25) is 22.7 Å². The second-order valence-corrected chi connectivity index (χ2v) is 10.9. The van der Waals surface area contributed by atoms with Crippen molar-refractivity contribution in [2.45, 2.75) is 31.2 Å². The van der Waals surface area contributed by atoms with Crippen LogP contribution in [0, 0.1) is 5.92 Å². The minimum atomic E-state index is -3.72. The lowest BCUT2D eigenvalue weighted by Crippen LogP contribution is -2.45. The number of fused-ring (bicyclic) bond motifs is 2. The second-order valence-electron chi connectivity index (χ2n) is 8.95. The largest absolute Gasteiger partial charge is 0.482 e. The number of nitrogens with zero attached hydrogens (tertiary/aromatic N) is 2. The lowest BCUT2D eigenvalue weighted by molar-refractivity contribution is -0.125. The van der Waals surface area contributed by atoms with Crippen molar-refractivity contribution in [3.05, 3.63) is 42.0 Å². The summed E-state index contributed by atoms with van der Waals surface area (Å²) in [6.07, 6.45) is 1.61. The van der Waals surface area contributed by atoms with E-state index in [-0.39, 0.29) is 43.0 Å². The Morgan fingerprint density at radius 2 is 1.77 bits per heavy atom. The van der Waals surface area contributed by atoms with E-state index in [9.17, 15) is 18.0 Å². The van der Waals surface area contributed by atoms with Crippen LogP contribution in [0.4, 0.5) is 5.69 Å². The molecule has 2 amide bonds. The van der Waals surface area contributed by atoms with Crippen LogP contribution in [0.1, 0.15) is 25.3 Å². The van der Waals surface area contributed by atoms with E-state index in [2.05, 4.69) is 12.2 Å². The summed E-state index contributed by atoms with van der Waals surface area (Å²) in [7, 11) is -3.72. The molecule has 1 fully saturated rings. The smallest absolute Gasteiger partial charge is 0.265 e. The maximum absolute atomic E-state index is 13.2. The number of carbonyl (C=O) groups is 2. The molecule has 2 aromatic rings. The molecule has 1 N–H and O–H groups in total. The summed E-state index contributed by atoms with van der Waals surface area (Å²) in [5.74, 6) is 1.31. The maximum Gasteiger partial charge on any atom is 0.265 e. The van der Waals surface area contributed by atoms with E-state index in [1.807, 2.05) is 6.07 Å². The molecular weight excluding hydrogens is 474 g/mol. The highest BCUT2D eigenvalue weighted by Gasteiger charge is 2.32. The molecule has 0 radical (unpaired) electrons. The molecule has 35 heavy (non-hydrogen) atoms. The van der Waals surface area contributed by atoms with E-state index < -0.39 is 15.9 Å². The van der Waals surface area contributed by atoms with Crippen LogP contribution in [-0.2, 0) is 26.2 Å². The van der Waals surface area contributed by atoms with Crippen molar-refractivity contribution in [1.29, 1.82) is 0 Å². The van der Waals surface area contributed by atoms with Gasteiger partial charge in [-0.2, -0.15) is 4.31 Å². The molecule has 186 valence electrons. The number of nitrogens with one attached hydrogen (secondary N) is 1. The highest BCUT2D eigenvalue weighted by Crippen LogP contribution is 2.36. The van der Waals surface area contributed by atoms with Crippen molar-refractivity contribution < 1.29 is 32.2 Å². The van der Waals surface area contributed by atoms with Gasteiger partial charge in [0.15, 0.2) is 18.1 Å². The third kappa shape index (κ3) is 4.78. The number of ether oxygens (including phenoxy) is 3. The molecule has 0 atom stereocenters. The first-order chi connectivity index (χ1) is 16.8. The first-order valence-electron chi connectivity index (χ1n) is 11.5. The third-order valence-electron chi connectivity index (χ3n) is 6.48. The van der Waals surface area contributed by atoms with E-state index in [0.29, 0.717) is 36.3 Å². The first-order valence-corrected chi connectivity index (χ1v) is 13.0. The fourth-order valence-electron chi connectivity index (χ4n) is 4.34. The van der Waals surface area contributed by atoms with Crippen molar-refractivity contribution in [1.82, 2.24) is 9.62 Å². The zero-order valence-corrected chi connectivity index (χ0v) is 20.2. The Labute approximate surface area is 203 Å². The van der Waals surface area contributed by atoms with Crippen molar-refractivity contribution in [3.8, 4) is 17.2 Å². The molecule has 10 nitrogen and oxygen atoms in total. The van der Waals surface area contributed by atoms with Crippen molar-refractivity contribution >= 4 is 27.5 Å². The molecule has 0 unspecified atom stereocenters. The molecule has 1 saturated heterocycles. The summed E-state index contributed by atoms with van der Waals surface area (Å²) in [4.78, 5) is 26.7. The Kier molecular flexibility index (Phi) is 6.28. The SMILES string of the molecule is CC1CCN(S(=O)(=O)c2ccc3c(c2)N(CC(=O)NCc2ccc4c(c2)OCO4)C(=O)CO3)CC1. The summed E-state index contributed by atoms with van der Waals surface area (Å²) in [5.41, 5.74) is 1.09. The van der Waals surface area contributed by atoms with Crippen molar-refractivity contribution in [3.63, 3.8) is 0 Å². The normalized spacial score (nSPS) is 18.2. The number of benzene rings is 2. The van der Waals surface area contributed by atoms with E-state index in [4.69, 9.17) is 14.2 Å². The number of hydrogen-bond acceptors (Lipinski definition) is 7. The monoisotopic (exact) mass is 501 g/mol. The van der Waals surface area contributed by atoms with Gasteiger partial charge in [0, 0.05) is 19.6 Å². The van der Waals surface area contributed by atoms with Gasteiger partial charge in [-0.15, -0.1) is 0 Å². The van der Waals surface area contributed by atoms with Gasteiger partial charge in [-0.1, -0.05) is 13.0 Å². The van der Waals surface area contributed by atoms with Crippen LogP contribution in [0.3, 0.4) is 0 Å². The van der Waals surface area contributed by atoms with E-state index in [1.165, 1.54) is 21.3 Å². The molecular formula is C24H27N3O7S. The molecule has 0 aliphatic carbocycles. The number of carbonyl (C=O) groups excluding carboxylic acids is 2. The quantitative estimate of drug-likeness (QED) is 0.643. The average Bonchev–Trinajstić information content (AvgIpc) is 3.32. The minimum Gasteiger partial charge on any atom is -0.482 e. The van der Waals surface area contributed by atoms with Crippen LogP contribution in [0.2, 0.25) is 0 Å². The molecule has 11 heteroatoms. The van der Waals surface area contributed by atoms with E-state index >= 15 is 0 Å². The summed E-state index contributed by atoms with van der Waals surface area (Å²) in [6, 6.07) is 9.83. The van der Waals surface area contributed by atoms with Crippen LogP contribution >= 0.6 is 0 Å². The zero-order valence-electron chi connectivity index (χ0n) is 19.4. The average molecular weight is 502 g/mol. The molecule has 3 aliphatic rings. The van der Waals surface area contributed by atoms with Gasteiger partial charge >= 0.3 is 0 Å². The number of anilines is 1. The number of amides is 2. The zero-order chi connectivity index (χ0) is 24.6. The maximum atomic E-state index is 13.2. The molecule has 3 heterocycles. The summed E-state index contributed by atoms with van der Waals surface area (Å²) < 4.78 is 44.0. The van der Waals surface area contributed by atoms with Crippen molar-refractivity contribution in [2.24, 2.45) is 5.92 Å². The molecule has 3 aliphatic heterocycles. The van der Waals surface area contributed by atoms with Gasteiger partial charge in [0.25, 0.3) is 5.91 Å². The van der Waals surface area contributed by atoms with Gasteiger partial charge in [-0.3, -0.25) is 14.5 Å². The molecule has 0 bridgehead atoms. The lowest BCUT2D eigenvalue weighted by atomic mass is 10.0. The van der Waals surface area contributed by atoms with Gasteiger partial charge in [-0.25, -0.2) is 8.42 Å². The Balaban J connectivity index is 1.30. The molecule has 0 aromatic heterocycles. The predicted octanol–water partition coefficient (Wildman–Crippen LogP) is 1.88. The molecule has 2 aromatic carbocycles. The summed E-state index contributed by atoms with van der Waals surface area (Å²) in [5, 5.41) is 2.79. The number of sulfonamides is 1. The summed E-state index contributed by atoms with van der Waals surface area (Å²) >= 11 is 0. The van der Waals surface area contributed by atoms with Gasteiger partial charge in [0.1, 0.15) is 12.3 Å². The molecule has 0 saturated carbocycles. The van der Waals surface area contributed by atoms with Crippen LogP contribution in [0.5, 0.6) is 17.2 Å². The predicted molar refractivity (Wildman–Crippen MR) is 126 cm³/mol. The number of rotatable bonds is 6. The van der Waals surface area contributed by atoms with Crippen LogP contribution in [0.25, 0.3) is 0 Å². The first kappa shape index (κ1) is 23.4. The molecule has 0 spiro atoms. The Hall–Kier alpha value is -3.31.